The van der Waals surface area contributed by atoms with Gasteiger partial charge in [-0.25, -0.2) is 10.4 Å². The fourth-order valence-corrected chi connectivity index (χ4v) is 3.20. The number of aromatic amines is 1. The summed E-state index contributed by atoms with van der Waals surface area (Å²) in [6.45, 7) is 0. The summed E-state index contributed by atoms with van der Waals surface area (Å²) >= 11 is 0. The number of benzene rings is 3. The molecule has 8 heteroatoms. The van der Waals surface area contributed by atoms with Crippen molar-refractivity contribution in [1.29, 1.82) is 0 Å². The molecule has 0 atom stereocenters. The van der Waals surface area contributed by atoms with E-state index in [1.165, 1.54) is 6.21 Å². The highest BCUT2D eigenvalue weighted by atomic mass is 16.5. The molecule has 8 nitrogen and oxygen atoms in total. The standard InChI is InChI=1S/C24H22N4O4/c1-30-18-7-4-15(5-8-18)23-26-20-10-6-16(13-21(20)27-23)24(29)28-25-14-17-12-19(31-2)9-11-22(17)32-3/h4-14H,1-3H3,(H,26,27)(H,28,29)/b25-14+. The highest BCUT2D eigenvalue weighted by molar-refractivity contribution is 5.98. The zero-order valence-corrected chi connectivity index (χ0v) is 17.9. The van der Waals surface area contributed by atoms with Gasteiger partial charge in [-0.1, -0.05) is 0 Å². The Bertz CT molecular complexity index is 1280. The fraction of sp³-hybridized carbons (Fsp3) is 0.125. The van der Waals surface area contributed by atoms with E-state index in [0.29, 0.717) is 28.5 Å². The number of methoxy groups -OCH3 is 3. The van der Waals surface area contributed by atoms with Gasteiger partial charge in [0.15, 0.2) is 0 Å². The van der Waals surface area contributed by atoms with Crippen molar-refractivity contribution in [1.82, 2.24) is 15.4 Å². The number of hydrogen-bond donors (Lipinski definition) is 2. The molecule has 4 rings (SSSR count). The number of nitrogens with zero attached hydrogens (tertiary/aromatic N) is 2. The smallest absolute Gasteiger partial charge is 0.271 e. The second kappa shape index (κ2) is 9.22. The lowest BCUT2D eigenvalue weighted by Gasteiger charge is -2.06. The van der Waals surface area contributed by atoms with Gasteiger partial charge in [-0.3, -0.25) is 4.79 Å². The predicted octanol–water partition coefficient (Wildman–Crippen LogP) is 4.02. The third kappa shape index (κ3) is 4.39. The van der Waals surface area contributed by atoms with Crippen LogP contribution in [0.5, 0.6) is 17.2 Å². The van der Waals surface area contributed by atoms with Gasteiger partial charge < -0.3 is 19.2 Å². The van der Waals surface area contributed by atoms with Crippen LogP contribution < -0.4 is 19.6 Å². The monoisotopic (exact) mass is 430 g/mol. The van der Waals surface area contributed by atoms with Crippen molar-refractivity contribution in [3.63, 3.8) is 0 Å². The van der Waals surface area contributed by atoms with Crippen molar-refractivity contribution < 1.29 is 19.0 Å². The molecule has 0 saturated heterocycles. The van der Waals surface area contributed by atoms with Crippen LogP contribution in [-0.4, -0.2) is 43.4 Å². The Labute approximate surface area is 184 Å². The average molecular weight is 430 g/mol. The number of amides is 1. The quantitative estimate of drug-likeness (QED) is 0.341. The summed E-state index contributed by atoms with van der Waals surface area (Å²) < 4.78 is 15.7. The molecule has 1 amide bonds. The minimum Gasteiger partial charge on any atom is -0.497 e. The number of carbonyl (C=O) groups excluding carboxylic acids is 1. The van der Waals surface area contributed by atoms with Gasteiger partial charge in [0.25, 0.3) is 5.91 Å². The van der Waals surface area contributed by atoms with Crippen molar-refractivity contribution >= 4 is 23.2 Å². The van der Waals surface area contributed by atoms with Crippen LogP contribution in [0.1, 0.15) is 15.9 Å². The normalized spacial score (nSPS) is 11.0. The summed E-state index contributed by atoms with van der Waals surface area (Å²) in [5.74, 6) is 2.43. The molecule has 0 radical (unpaired) electrons. The molecular formula is C24H22N4O4. The molecule has 4 aromatic rings. The molecule has 0 saturated carbocycles. The Morgan fingerprint density at radius 1 is 0.938 bits per heavy atom. The van der Waals surface area contributed by atoms with E-state index < -0.39 is 0 Å². The number of hydrogen-bond acceptors (Lipinski definition) is 6. The average Bonchev–Trinajstić information content (AvgIpc) is 3.27. The summed E-state index contributed by atoms with van der Waals surface area (Å²) in [6, 6.07) is 18.2. The topological polar surface area (TPSA) is 97.8 Å². The van der Waals surface area contributed by atoms with Gasteiger partial charge in [0, 0.05) is 16.7 Å². The van der Waals surface area contributed by atoms with E-state index in [9.17, 15) is 4.79 Å². The predicted molar refractivity (Wildman–Crippen MR) is 123 cm³/mol. The van der Waals surface area contributed by atoms with Gasteiger partial charge >= 0.3 is 0 Å². The van der Waals surface area contributed by atoms with Gasteiger partial charge in [-0.2, -0.15) is 5.10 Å². The summed E-state index contributed by atoms with van der Waals surface area (Å²) in [5.41, 5.74) is 6.11. The fourth-order valence-electron chi connectivity index (χ4n) is 3.20. The first-order valence-electron chi connectivity index (χ1n) is 9.81. The van der Waals surface area contributed by atoms with Crippen LogP contribution in [0.15, 0.2) is 65.8 Å². The number of ether oxygens (including phenoxy) is 3. The van der Waals surface area contributed by atoms with Crippen LogP contribution in [-0.2, 0) is 0 Å². The minimum absolute atomic E-state index is 0.342. The van der Waals surface area contributed by atoms with E-state index in [0.717, 1.165) is 22.3 Å². The molecule has 2 N–H and O–H groups in total. The number of nitrogens with one attached hydrogen (secondary N) is 2. The van der Waals surface area contributed by atoms with Gasteiger partial charge in [0.05, 0.1) is 38.6 Å². The third-order valence-electron chi connectivity index (χ3n) is 4.91. The van der Waals surface area contributed by atoms with Crippen molar-refractivity contribution in [3.05, 3.63) is 71.8 Å². The van der Waals surface area contributed by atoms with Gasteiger partial charge in [-0.15, -0.1) is 0 Å². The summed E-state index contributed by atoms with van der Waals surface area (Å²) in [4.78, 5) is 20.4. The van der Waals surface area contributed by atoms with Crippen LogP contribution in [0, 0.1) is 0 Å². The molecule has 0 aliphatic carbocycles. The molecule has 162 valence electrons. The lowest BCUT2D eigenvalue weighted by Crippen LogP contribution is -2.17. The van der Waals surface area contributed by atoms with E-state index in [1.807, 2.05) is 24.3 Å². The zero-order chi connectivity index (χ0) is 22.5. The highest BCUT2D eigenvalue weighted by Crippen LogP contribution is 2.24. The summed E-state index contributed by atoms with van der Waals surface area (Å²) in [6.07, 6.45) is 1.51. The number of hydrazone groups is 1. The SMILES string of the molecule is COc1ccc(-c2nc3ccc(C(=O)N/N=C/c4cc(OC)ccc4OC)cc3[nH]2)cc1. The molecular weight excluding hydrogens is 408 g/mol. The van der Waals surface area contributed by atoms with Gasteiger partial charge in [0.2, 0.25) is 0 Å². The number of fused-ring (bicyclic) bond motifs is 1. The molecule has 0 bridgehead atoms. The van der Waals surface area contributed by atoms with Crippen LogP contribution in [0.2, 0.25) is 0 Å². The lowest BCUT2D eigenvalue weighted by molar-refractivity contribution is 0.0955. The highest BCUT2D eigenvalue weighted by Gasteiger charge is 2.10. The first-order valence-corrected chi connectivity index (χ1v) is 9.81. The van der Waals surface area contributed by atoms with Crippen LogP contribution in [0.4, 0.5) is 0 Å². The first-order chi connectivity index (χ1) is 15.6. The van der Waals surface area contributed by atoms with Crippen molar-refractivity contribution in [2.75, 3.05) is 21.3 Å². The minimum atomic E-state index is -0.342. The van der Waals surface area contributed by atoms with E-state index >= 15 is 0 Å². The van der Waals surface area contributed by atoms with Crippen LogP contribution >= 0.6 is 0 Å². The lowest BCUT2D eigenvalue weighted by atomic mass is 10.2. The number of carbonyl (C=O) groups is 1. The van der Waals surface area contributed by atoms with E-state index in [-0.39, 0.29) is 5.91 Å². The van der Waals surface area contributed by atoms with E-state index in [4.69, 9.17) is 14.2 Å². The third-order valence-corrected chi connectivity index (χ3v) is 4.91. The largest absolute Gasteiger partial charge is 0.497 e. The number of rotatable bonds is 7. The van der Waals surface area contributed by atoms with Crippen molar-refractivity contribution in [3.8, 4) is 28.6 Å². The molecule has 1 aromatic heterocycles. The summed E-state index contributed by atoms with van der Waals surface area (Å²) in [5, 5.41) is 4.05. The van der Waals surface area contributed by atoms with Crippen LogP contribution in [0.3, 0.4) is 0 Å². The Kier molecular flexibility index (Phi) is 6.03. The molecule has 0 aliphatic rings. The Balaban J connectivity index is 1.51. The molecule has 0 aliphatic heterocycles. The Morgan fingerprint density at radius 3 is 2.41 bits per heavy atom. The number of H-pyrrole nitrogens is 1. The van der Waals surface area contributed by atoms with Gasteiger partial charge in [-0.05, 0) is 60.7 Å². The maximum absolute atomic E-state index is 12.6. The Morgan fingerprint density at radius 2 is 1.69 bits per heavy atom. The molecule has 0 spiro atoms. The molecule has 1 heterocycles. The second-order valence-corrected chi connectivity index (χ2v) is 6.85. The molecule has 0 fully saturated rings. The maximum atomic E-state index is 12.6. The Hall–Kier alpha value is -4.33. The number of imidazole rings is 1. The van der Waals surface area contributed by atoms with Gasteiger partial charge in [0.1, 0.15) is 23.1 Å². The summed E-state index contributed by atoms with van der Waals surface area (Å²) in [7, 11) is 4.77. The maximum Gasteiger partial charge on any atom is 0.271 e. The van der Waals surface area contributed by atoms with E-state index in [2.05, 4.69) is 20.5 Å². The first kappa shape index (κ1) is 20.9. The second-order valence-electron chi connectivity index (χ2n) is 6.85. The molecule has 3 aromatic carbocycles. The van der Waals surface area contributed by atoms with E-state index in [1.54, 1.807) is 57.7 Å². The molecule has 0 unspecified atom stereocenters. The number of aromatic nitrogens is 2. The van der Waals surface area contributed by atoms with Crippen LogP contribution in [0.25, 0.3) is 22.4 Å². The van der Waals surface area contributed by atoms with Crippen molar-refractivity contribution in [2.24, 2.45) is 5.10 Å². The molecule has 32 heavy (non-hydrogen) atoms. The zero-order valence-electron chi connectivity index (χ0n) is 17.9. The van der Waals surface area contributed by atoms with Crippen molar-refractivity contribution in [2.45, 2.75) is 0 Å².